The molecule has 3 aliphatic heterocycles. The molecule has 3 aliphatic rings. The molecule has 0 aromatic heterocycles. The highest BCUT2D eigenvalue weighted by Gasteiger charge is 2.58. The van der Waals surface area contributed by atoms with Crippen molar-refractivity contribution in [3.8, 4) is 0 Å². The maximum atomic E-state index is 15.0. The Kier molecular flexibility index (Phi) is 23.7. The van der Waals surface area contributed by atoms with Crippen molar-refractivity contribution in [3.05, 3.63) is 228 Å². The number of carbonyl (C=O) groups is 3. The van der Waals surface area contributed by atoms with E-state index in [1.165, 1.54) is 6.92 Å². The predicted molar refractivity (Wildman–Crippen MR) is 310 cm³/mol. The normalized spacial score (nSPS) is 27.6. The van der Waals surface area contributed by atoms with Gasteiger partial charge >= 0.3 is 11.9 Å². The second-order valence-corrected chi connectivity index (χ2v) is 21.2. The molecule has 0 spiro atoms. The zero-order valence-electron chi connectivity index (χ0n) is 48.1. The Morgan fingerprint density at radius 1 is 0.435 bits per heavy atom. The minimum absolute atomic E-state index is 0.00680. The predicted octanol–water partition coefficient (Wildman–Crippen LogP) is 9.49. The molecule has 1 N–H and O–H groups in total. The summed E-state index contributed by atoms with van der Waals surface area (Å²) in [6, 6.07) is 56.8. The lowest BCUT2D eigenvalue weighted by Gasteiger charge is -2.51. The van der Waals surface area contributed by atoms with Gasteiger partial charge in [0.15, 0.2) is 31.1 Å². The van der Waals surface area contributed by atoms with Crippen LogP contribution in [0.3, 0.4) is 0 Å². The first-order valence-corrected chi connectivity index (χ1v) is 28.9. The molecule has 450 valence electrons. The number of esters is 2. The van der Waals surface area contributed by atoms with E-state index in [0.29, 0.717) is 0 Å². The van der Waals surface area contributed by atoms with Crippen molar-refractivity contribution in [2.24, 2.45) is 0 Å². The Morgan fingerprint density at radius 3 is 1.26 bits per heavy atom. The smallest absolute Gasteiger partial charge is 0.338 e. The van der Waals surface area contributed by atoms with Crippen LogP contribution in [0.2, 0.25) is 0 Å². The molecule has 6 aromatic carbocycles. The standard InChI is InChI=1S/C68H76O17/c1-5-38-73-66-63(78-43-52-32-20-10-21-33-52)60(77-42-51-30-18-9-19-31-51)61(62(84-66)65(72)79-44-53-34-22-11-23-35-53)83-68-64(59(76-41-50-28-16-8-17-29-50)57(47(4)81-68)75-40-49-26-14-7-15-27-49)85-67-58(82-54(70)37-36-45(2)69)55(71)56(46(3)80-67)74-39-48-24-12-6-13-25-48/h5-35,46-47,55-64,66-68,71H,1,36-44H2,2-4H3/t46-,47-,55+,56-,57-,58+,59+,60-,61+,62-,63+,64+,66+,67-,68-/m0/s1. The maximum absolute atomic E-state index is 15.0. The molecule has 15 atom stereocenters. The van der Waals surface area contributed by atoms with Crippen LogP contribution in [0.1, 0.15) is 67.0 Å². The Balaban J connectivity index is 1.15. The number of Topliss-reactive ketones (excluding diaryl/α,β-unsaturated/α-hetero) is 1. The van der Waals surface area contributed by atoms with Gasteiger partial charge in [-0.3, -0.25) is 4.79 Å². The molecule has 17 heteroatoms. The van der Waals surface area contributed by atoms with Crippen LogP contribution in [0.15, 0.2) is 195 Å². The van der Waals surface area contributed by atoms with Gasteiger partial charge in [-0.25, -0.2) is 4.79 Å². The van der Waals surface area contributed by atoms with Crippen molar-refractivity contribution < 1.29 is 81.1 Å². The summed E-state index contributed by atoms with van der Waals surface area (Å²) in [5, 5.41) is 12.5. The monoisotopic (exact) mass is 1160 g/mol. The molecule has 3 fully saturated rings. The quantitative estimate of drug-likeness (QED) is 0.0345. The molecule has 3 heterocycles. The zero-order chi connectivity index (χ0) is 59.3. The van der Waals surface area contributed by atoms with Crippen LogP contribution in [0.25, 0.3) is 0 Å². The van der Waals surface area contributed by atoms with Crippen LogP contribution >= 0.6 is 0 Å². The number of ether oxygens (including phenoxy) is 13. The van der Waals surface area contributed by atoms with Crippen molar-refractivity contribution in [1.82, 2.24) is 0 Å². The molecule has 9 rings (SSSR count). The lowest BCUT2D eigenvalue weighted by atomic mass is 9.95. The van der Waals surface area contributed by atoms with Gasteiger partial charge in [-0.05, 0) is 54.2 Å². The molecule has 0 bridgehead atoms. The Bertz CT molecular complexity index is 2940. The summed E-state index contributed by atoms with van der Waals surface area (Å²) in [7, 11) is 0. The van der Waals surface area contributed by atoms with E-state index in [4.69, 9.17) is 61.6 Å². The number of carbonyl (C=O) groups excluding carboxylic acids is 3. The molecular formula is C68H76O17. The van der Waals surface area contributed by atoms with Crippen LogP contribution in [0.4, 0.5) is 0 Å². The molecule has 0 saturated carbocycles. The summed E-state index contributed by atoms with van der Waals surface area (Å²) in [5.41, 5.74) is 4.86. The summed E-state index contributed by atoms with van der Waals surface area (Å²) in [6.07, 6.45) is -17.8. The van der Waals surface area contributed by atoms with Gasteiger partial charge in [-0.15, -0.1) is 6.58 Å². The number of rotatable bonds is 29. The Hall–Kier alpha value is -6.81. The maximum Gasteiger partial charge on any atom is 0.338 e. The fourth-order valence-electron chi connectivity index (χ4n) is 10.4. The van der Waals surface area contributed by atoms with Gasteiger partial charge in [0.25, 0.3) is 0 Å². The molecule has 0 aliphatic carbocycles. The molecular weight excluding hydrogens is 1090 g/mol. The number of benzene rings is 6. The van der Waals surface area contributed by atoms with Crippen LogP contribution in [0, 0.1) is 0 Å². The van der Waals surface area contributed by atoms with Crippen molar-refractivity contribution in [1.29, 1.82) is 0 Å². The van der Waals surface area contributed by atoms with Crippen molar-refractivity contribution in [3.63, 3.8) is 0 Å². The highest BCUT2D eigenvalue weighted by Crippen LogP contribution is 2.39. The van der Waals surface area contributed by atoms with Crippen LogP contribution in [-0.4, -0.2) is 122 Å². The van der Waals surface area contributed by atoms with E-state index >= 15 is 4.79 Å². The SMILES string of the molecule is C=CCO[C@@H]1O[C@H](C(=O)OCc2ccccc2)[C@H](O[C@@H]2O[C@@H](C)[C@H](OCc3ccccc3)[C@@H](OCc3ccccc3)[C@H]2O[C@@H]2O[C@@H](C)[C@H](OCc3ccccc3)[C@@H](O)[C@H]2OC(=O)CCC(C)=O)[C@H](OCc2ccccc2)[C@H]1OCc1ccccc1. The molecule has 0 unspecified atom stereocenters. The molecule has 0 amide bonds. The van der Waals surface area contributed by atoms with E-state index in [-0.39, 0.29) is 64.9 Å². The van der Waals surface area contributed by atoms with Crippen molar-refractivity contribution in [2.45, 2.75) is 165 Å². The summed E-state index contributed by atoms with van der Waals surface area (Å²) in [6.45, 7) is 9.03. The minimum atomic E-state index is -1.59. The third-order valence-corrected chi connectivity index (χ3v) is 14.8. The average molecular weight is 1170 g/mol. The fraction of sp³-hybridized carbons (Fsp3) is 0.397. The van der Waals surface area contributed by atoms with Gasteiger partial charge in [0.05, 0.1) is 58.3 Å². The van der Waals surface area contributed by atoms with E-state index in [1.54, 1.807) is 13.0 Å². The molecule has 3 saturated heterocycles. The second kappa shape index (κ2) is 32.1. The lowest BCUT2D eigenvalue weighted by molar-refractivity contribution is -0.392. The van der Waals surface area contributed by atoms with E-state index in [1.807, 2.05) is 189 Å². The molecule has 6 aromatic rings. The largest absolute Gasteiger partial charge is 0.459 e. The minimum Gasteiger partial charge on any atom is -0.459 e. The second-order valence-electron chi connectivity index (χ2n) is 21.2. The van der Waals surface area contributed by atoms with Crippen LogP contribution in [-0.2, 0) is 116 Å². The van der Waals surface area contributed by atoms with E-state index in [0.717, 1.165) is 33.4 Å². The fourth-order valence-corrected chi connectivity index (χ4v) is 10.4. The van der Waals surface area contributed by atoms with Gasteiger partial charge < -0.3 is 71.5 Å². The van der Waals surface area contributed by atoms with Crippen LogP contribution < -0.4 is 0 Å². The molecule has 17 nitrogen and oxygen atoms in total. The summed E-state index contributed by atoms with van der Waals surface area (Å²) in [5.74, 6) is -1.84. The number of hydrogen-bond donors (Lipinski definition) is 1. The van der Waals surface area contributed by atoms with Crippen LogP contribution in [0.5, 0.6) is 0 Å². The Labute approximate surface area is 496 Å². The van der Waals surface area contributed by atoms with Crippen molar-refractivity contribution >= 4 is 17.7 Å². The summed E-state index contributed by atoms with van der Waals surface area (Å²) in [4.78, 5) is 41.1. The number of hydrogen-bond acceptors (Lipinski definition) is 17. The van der Waals surface area contributed by atoms with E-state index < -0.39 is 104 Å². The Morgan fingerprint density at radius 2 is 0.812 bits per heavy atom. The third-order valence-electron chi connectivity index (χ3n) is 14.8. The topological polar surface area (TPSA) is 191 Å². The van der Waals surface area contributed by atoms with E-state index in [9.17, 15) is 14.7 Å². The summed E-state index contributed by atoms with van der Waals surface area (Å²) >= 11 is 0. The average Bonchev–Trinajstić information content (AvgIpc) is 2.87. The first-order valence-electron chi connectivity index (χ1n) is 28.9. The summed E-state index contributed by atoms with van der Waals surface area (Å²) < 4.78 is 87.5. The first-order chi connectivity index (χ1) is 41.5. The third kappa shape index (κ3) is 17.9. The first kappa shape index (κ1) is 62.7. The highest BCUT2D eigenvalue weighted by atomic mass is 16.8. The van der Waals surface area contributed by atoms with Gasteiger partial charge in [-0.1, -0.05) is 188 Å². The molecule has 0 radical (unpaired) electrons. The highest BCUT2D eigenvalue weighted by molar-refractivity contribution is 5.81. The lowest BCUT2D eigenvalue weighted by Crippen LogP contribution is -2.68. The zero-order valence-corrected chi connectivity index (χ0v) is 48.1. The van der Waals surface area contributed by atoms with Gasteiger partial charge in [-0.2, -0.15) is 0 Å². The van der Waals surface area contributed by atoms with Gasteiger partial charge in [0, 0.05) is 6.42 Å². The van der Waals surface area contributed by atoms with E-state index in [2.05, 4.69) is 6.58 Å². The number of ketones is 1. The van der Waals surface area contributed by atoms with Gasteiger partial charge in [0.1, 0.15) is 61.2 Å². The van der Waals surface area contributed by atoms with Crippen molar-refractivity contribution in [2.75, 3.05) is 6.61 Å². The number of aliphatic hydroxyl groups is 1. The van der Waals surface area contributed by atoms with Gasteiger partial charge in [0.2, 0.25) is 0 Å². The molecule has 85 heavy (non-hydrogen) atoms. The number of aliphatic hydroxyl groups excluding tert-OH is 1.